The molecule has 1 N–H and O–H groups in total. The van der Waals surface area contributed by atoms with E-state index in [1.807, 2.05) is 0 Å². The van der Waals surface area contributed by atoms with Gasteiger partial charge in [0, 0.05) is 13.1 Å². The van der Waals surface area contributed by atoms with Gasteiger partial charge in [-0.1, -0.05) is 0 Å². The van der Waals surface area contributed by atoms with Gasteiger partial charge in [0.1, 0.15) is 0 Å². The van der Waals surface area contributed by atoms with Crippen LogP contribution >= 0.6 is 0 Å². The third-order valence-electron chi connectivity index (χ3n) is 3.88. The van der Waals surface area contributed by atoms with Crippen LogP contribution in [0.25, 0.3) is 0 Å². The smallest absolute Gasteiger partial charge is 0.390 e. The van der Waals surface area contributed by atoms with Crippen LogP contribution in [0.15, 0.2) is 0 Å². The predicted molar refractivity (Wildman–Crippen MR) is 71.7 cm³/mol. The van der Waals surface area contributed by atoms with E-state index < -0.39 is 18.2 Å². The van der Waals surface area contributed by atoms with Crippen molar-refractivity contribution in [2.75, 3.05) is 26.7 Å². The maximum atomic E-state index is 12.2. The van der Waals surface area contributed by atoms with Crippen LogP contribution in [-0.2, 0) is 9.53 Å². The fraction of sp³-hybridized carbons (Fsp3) is 0.929. The lowest BCUT2D eigenvalue weighted by Crippen LogP contribution is -2.45. The van der Waals surface area contributed by atoms with Gasteiger partial charge in [0.2, 0.25) is 0 Å². The molecule has 1 fully saturated rings. The standard InChI is InChI=1S/C14H24F3NO3/c1-3-21-12(19)11-4-6-13(20,7-5-11)10-18(2)9-8-14(15,16)17/h11,20H,3-10H2,1-2H3. The molecule has 1 aliphatic carbocycles. The Morgan fingerprint density at radius 1 is 1.38 bits per heavy atom. The summed E-state index contributed by atoms with van der Waals surface area (Å²) in [6.07, 6.45) is -3.21. The molecule has 0 aliphatic heterocycles. The lowest BCUT2D eigenvalue weighted by atomic mass is 9.78. The first-order chi connectivity index (χ1) is 9.65. The lowest BCUT2D eigenvalue weighted by molar-refractivity contribution is -0.152. The second kappa shape index (κ2) is 7.45. The topological polar surface area (TPSA) is 49.8 Å². The average molecular weight is 311 g/mol. The van der Waals surface area contributed by atoms with E-state index in [0.717, 1.165) is 0 Å². The van der Waals surface area contributed by atoms with Gasteiger partial charge in [-0.15, -0.1) is 0 Å². The Morgan fingerprint density at radius 2 is 1.95 bits per heavy atom. The summed E-state index contributed by atoms with van der Waals surface area (Å²) in [5.74, 6) is -0.448. The van der Waals surface area contributed by atoms with Crippen molar-refractivity contribution in [1.29, 1.82) is 0 Å². The number of hydrogen-bond donors (Lipinski definition) is 1. The monoisotopic (exact) mass is 311 g/mol. The molecule has 0 bridgehead atoms. The molecule has 0 unspecified atom stereocenters. The van der Waals surface area contributed by atoms with Crippen LogP contribution in [0.2, 0.25) is 0 Å². The quantitative estimate of drug-likeness (QED) is 0.765. The van der Waals surface area contributed by atoms with Gasteiger partial charge in [0.05, 0.1) is 24.5 Å². The number of carbonyl (C=O) groups is 1. The Morgan fingerprint density at radius 3 is 2.43 bits per heavy atom. The molecule has 0 aromatic rings. The number of alkyl halides is 3. The molecule has 0 heterocycles. The van der Waals surface area contributed by atoms with Crippen molar-refractivity contribution in [3.63, 3.8) is 0 Å². The summed E-state index contributed by atoms with van der Waals surface area (Å²) >= 11 is 0. The van der Waals surface area contributed by atoms with E-state index >= 15 is 0 Å². The minimum Gasteiger partial charge on any atom is -0.466 e. The molecular weight excluding hydrogens is 287 g/mol. The van der Waals surface area contributed by atoms with Gasteiger partial charge in [-0.25, -0.2) is 0 Å². The summed E-state index contributed by atoms with van der Waals surface area (Å²) in [5.41, 5.74) is -1.01. The molecule has 0 aromatic carbocycles. The van der Waals surface area contributed by atoms with E-state index in [-0.39, 0.29) is 25.0 Å². The van der Waals surface area contributed by atoms with Gasteiger partial charge in [-0.3, -0.25) is 4.79 Å². The highest BCUT2D eigenvalue weighted by atomic mass is 19.4. The van der Waals surface area contributed by atoms with Crippen molar-refractivity contribution in [3.05, 3.63) is 0 Å². The number of carbonyl (C=O) groups excluding carboxylic acids is 1. The van der Waals surface area contributed by atoms with Crippen molar-refractivity contribution >= 4 is 5.97 Å². The van der Waals surface area contributed by atoms with E-state index in [1.54, 1.807) is 14.0 Å². The van der Waals surface area contributed by atoms with Crippen LogP contribution in [0, 0.1) is 5.92 Å². The molecule has 1 rings (SSSR count). The minimum absolute atomic E-state index is 0.132. The third kappa shape index (κ3) is 6.65. The minimum atomic E-state index is -4.18. The maximum absolute atomic E-state index is 12.2. The molecule has 124 valence electrons. The van der Waals surface area contributed by atoms with Crippen LogP contribution in [0.1, 0.15) is 39.0 Å². The highest BCUT2D eigenvalue weighted by Crippen LogP contribution is 2.33. The van der Waals surface area contributed by atoms with Crippen LogP contribution in [0.4, 0.5) is 13.2 Å². The normalized spacial score (nSPS) is 26.9. The zero-order valence-corrected chi connectivity index (χ0v) is 12.6. The first-order valence-corrected chi connectivity index (χ1v) is 7.29. The Hall–Kier alpha value is -0.820. The highest BCUT2D eigenvalue weighted by molar-refractivity contribution is 5.72. The summed E-state index contributed by atoms with van der Waals surface area (Å²) in [5, 5.41) is 10.4. The number of halogens is 3. The van der Waals surface area contributed by atoms with Crippen LogP contribution in [0.5, 0.6) is 0 Å². The van der Waals surface area contributed by atoms with Gasteiger partial charge in [0.25, 0.3) is 0 Å². The summed E-state index contributed by atoms with van der Waals surface area (Å²) in [6, 6.07) is 0. The van der Waals surface area contributed by atoms with Crippen LogP contribution in [-0.4, -0.2) is 54.5 Å². The average Bonchev–Trinajstić information content (AvgIpc) is 2.36. The zero-order valence-electron chi connectivity index (χ0n) is 12.6. The molecule has 0 saturated heterocycles. The number of hydrogen-bond acceptors (Lipinski definition) is 4. The Labute approximate surface area is 123 Å². The van der Waals surface area contributed by atoms with Crippen molar-refractivity contribution in [2.45, 2.75) is 50.8 Å². The van der Waals surface area contributed by atoms with Crippen molar-refractivity contribution in [2.24, 2.45) is 5.92 Å². The Bertz CT molecular complexity index is 339. The van der Waals surface area contributed by atoms with Gasteiger partial charge in [-0.05, 0) is 39.7 Å². The van der Waals surface area contributed by atoms with Crippen molar-refractivity contribution in [3.8, 4) is 0 Å². The van der Waals surface area contributed by atoms with E-state index in [2.05, 4.69) is 0 Å². The molecule has 0 aromatic heterocycles. The molecule has 4 nitrogen and oxygen atoms in total. The Balaban J connectivity index is 2.38. The third-order valence-corrected chi connectivity index (χ3v) is 3.88. The Kier molecular flexibility index (Phi) is 6.46. The van der Waals surface area contributed by atoms with Crippen molar-refractivity contribution < 1.29 is 27.8 Å². The molecule has 7 heteroatoms. The maximum Gasteiger partial charge on any atom is 0.390 e. The molecule has 1 saturated carbocycles. The summed E-state index contributed by atoms with van der Waals surface area (Å²) < 4.78 is 41.4. The number of rotatable bonds is 6. The highest BCUT2D eigenvalue weighted by Gasteiger charge is 2.37. The molecule has 21 heavy (non-hydrogen) atoms. The number of esters is 1. The zero-order chi connectivity index (χ0) is 16.1. The van der Waals surface area contributed by atoms with Crippen LogP contribution < -0.4 is 0 Å². The second-order valence-corrected chi connectivity index (χ2v) is 5.85. The van der Waals surface area contributed by atoms with E-state index in [4.69, 9.17) is 4.74 Å². The largest absolute Gasteiger partial charge is 0.466 e. The van der Waals surface area contributed by atoms with Gasteiger partial charge in [-0.2, -0.15) is 13.2 Å². The molecule has 0 amide bonds. The first kappa shape index (κ1) is 18.2. The van der Waals surface area contributed by atoms with Gasteiger partial charge >= 0.3 is 12.1 Å². The second-order valence-electron chi connectivity index (χ2n) is 5.85. The van der Waals surface area contributed by atoms with E-state index in [0.29, 0.717) is 32.3 Å². The molecule has 0 atom stereocenters. The molecule has 1 aliphatic rings. The predicted octanol–water partition coefficient (Wildman–Crippen LogP) is 2.36. The van der Waals surface area contributed by atoms with Crippen molar-refractivity contribution in [1.82, 2.24) is 4.90 Å². The SMILES string of the molecule is CCOC(=O)C1CCC(O)(CN(C)CCC(F)(F)F)CC1. The molecular formula is C14H24F3NO3. The molecule has 0 radical (unpaired) electrons. The number of ether oxygens (including phenoxy) is 1. The fourth-order valence-electron chi connectivity index (χ4n) is 2.71. The fourth-order valence-corrected chi connectivity index (χ4v) is 2.71. The first-order valence-electron chi connectivity index (χ1n) is 7.29. The summed E-state index contributed by atoms with van der Waals surface area (Å²) in [6.45, 7) is 2.14. The lowest BCUT2D eigenvalue weighted by Gasteiger charge is -2.37. The van der Waals surface area contributed by atoms with E-state index in [1.165, 1.54) is 4.90 Å². The van der Waals surface area contributed by atoms with Crippen LogP contribution in [0.3, 0.4) is 0 Å². The molecule has 0 spiro atoms. The number of aliphatic hydroxyl groups is 1. The van der Waals surface area contributed by atoms with Gasteiger partial charge in [0.15, 0.2) is 0 Å². The summed E-state index contributed by atoms with van der Waals surface area (Å²) in [4.78, 5) is 13.1. The summed E-state index contributed by atoms with van der Waals surface area (Å²) in [7, 11) is 1.57. The van der Waals surface area contributed by atoms with Gasteiger partial charge < -0.3 is 14.7 Å². The van der Waals surface area contributed by atoms with E-state index in [9.17, 15) is 23.1 Å². The number of likely N-dealkylation sites (N-methyl/N-ethyl adjacent to an activating group) is 1. The number of nitrogens with zero attached hydrogens (tertiary/aromatic N) is 1.